The van der Waals surface area contributed by atoms with Crippen LogP contribution in [0.1, 0.15) is 197 Å². The second-order valence-corrected chi connectivity index (χ2v) is 22.0. The van der Waals surface area contributed by atoms with Gasteiger partial charge in [0.1, 0.15) is 0 Å². The highest BCUT2D eigenvalue weighted by Crippen LogP contribution is 2.61. The highest BCUT2D eigenvalue weighted by Gasteiger charge is 2.51. The lowest BCUT2D eigenvalue weighted by Gasteiger charge is -2.44. The van der Waals surface area contributed by atoms with Crippen molar-refractivity contribution in [3.63, 3.8) is 0 Å². The van der Waals surface area contributed by atoms with E-state index >= 15 is 0 Å². The van der Waals surface area contributed by atoms with Crippen molar-refractivity contribution in [2.45, 2.75) is 214 Å². The summed E-state index contributed by atoms with van der Waals surface area (Å²) < 4.78 is 0. The quantitative estimate of drug-likeness (QED) is 0.185. The fourth-order valence-electron chi connectivity index (χ4n) is 13.3. The van der Waals surface area contributed by atoms with Crippen LogP contribution >= 0.6 is 0 Å². The van der Waals surface area contributed by atoms with Crippen LogP contribution < -0.4 is 0 Å². The van der Waals surface area contributed by atoms with Gasteiger partial charge < -0.3 is 15.3 Å². The van der Waals surface area contributed by atoms with Crippen LogP contribution in [0.5, 0.6) is 0 Å². The number of allylic oxidation sites excluding steroid dienone is 8. The van der Waals surface area contributed by atoms with Crippen LogP contribution in [-0.4, -0.2) is 33.1 Å². The number of hydrogen-bond acceptors (Lipinski definition) is 3. The zero-order valence-electron chi connectivity index (χ0n) is 38.3. The average molecular weight is 785 g/mol. The summed E-state index contributed by atoms with van der Waals surface area (Å²) in [4.78, 5) is 0. The van der Waals surface area contributed by atoms with Gasteiger partial charge in [0, 0.05) is 0 Å². The summed E-state index contributed by atoms with van der Waals surface area (Å²) in [5.41, 5.74) is 8.74. The van der Waals surface area contributed by atoms with Crippen molar-refractivity contribution < 1.29 is 15.3 Å². The van der Waals surface area contributed by atoms with Crippen molar-refractivity contribution in [2.24, 2.45) is 52.3 Å². The minimum absolute atomic E-state index is 0.172. The summed E-state index contributed by atoms with van der Waals surface area (Å²) in [7, 11) is 0. The third kappa shape index (κ3) is 12.0. The van der Waals surface area contributed by atoms with E-state index in [0.717, 1.165) is 92.8 Å². The fourth-order valence-corrected chi connectivity index (χ4v) is 13.3. The normalized spacial score (nSPS) is 37.4. The molecule has 6 saturated carbocycles. The Balaban J connectivity index is 0.000000218. The molecule has 0 radical (unpaired) electrons. The number of aliphatic hydroxyl groups excluding tert-OH is 2. The topological polar surface area (TPSA) is 60.7 Å². The highest BCUT2D eigenvalue weighted by atomic mass is 16.3. The van der Waals surface area contributed by atoms with Gasteiger partial charge in [0.05, 0.1) is 17.8 Å². The minimum atomic E-state index is -0.535. The Morgan fingerprint density at radius 1 is 0.632 bits per heavy atom. The van der Waals surface area contributed by atoms with Gasteiger partial charge in [0.15, 0.2) is 0 Å². The molecule has 3 heteroatoms. The molecule has 0 amide bonds. The van der Waals surface area contributed by atoms with Gasteiger partial charge in [-0.3, -0.25) is 0 Å². The van der Waals surface area contributed by atoms with Crippen LogP contribution in [0.2, 0.25) is 0 Å². The Morgan fingerprint density at radius 3 is 1.49 bits per heavy atom. The predicted octanol–water partition coefficient (Wildman–Crippen LogP) is 14.4. The molecule has 57 heavy (non-hydrogen) atoms. The van der Waals surface area contributed by atoms with Gasteiger partial charge in [-0.1, -0.05) is 133 Å². The molecule has 0 aliphatic heterocycles. The Bertz CT molecular complexity index is 1480. The van der Waals surface area contributed by atoms with E-state index in [1.807, 2.05) is 13.8 Å². The summed E-state index contributed by atoms with van der Waals surface area (Å²) in [5, 5.41) is 30.1. The molecule has 3 N–H and O–H groups in total. The van der Waals surface area contributed by atoms with Crippen LogP contribution in [0.15, 0.2) is 70.9 Å². The van der Waals surface area contributed by atoms with E-state index in [-0.39, 0.29) is 12.2 Å². The molecule has 0 saturated heterocycles. The van der Waals surface area contributed by atoms with Crippen molar-refractivity contribution in [1.82, 2.24) is 0 Å². The lowest BCUT2D eigenvalue weighted by atomic mass is 9.60. The van der Waals surface area contributed by atoms with Gasteiger partial charge >= 0.3 is 0 Å². The molecule has 0 spiro atoms. The van der Waals surface area contributed by atoms with E-state index in [1.165, 1.54) is 112 Å². The van der Waals surface area contributed by atoms with Gasteiger partial charge in [-0.15, -0.1) is 0 Å². The zero-order chi connectivity index (χ0) is 41.5. The van der Waals surface area contributed by atoms with E-state index in [0.29, 0.717) is 10.8 Å². The first-order chi connectivity index (χ1) is 26.9. The summed E-state index contributed by atoms with van der Waals surface area (Å²) in [6.07, 6.45) is 35.1. The predicted molar refractivity (Wildman–Crippen MR) is 244 cm³/mol. The third-order valence-electron chi connectivity index (χ3n) is 16.7. The molecular formula is C54H88O3. The maximum absolute atomic E-state index is 10.0. The number of rotatable bonds is 12. The smallest absolute Gasteiger partial charge is 0.0591 e. The van der Waals surface area contributed by atoms with Crippen molar-refractivity contribution in [1.29, 1.82) is 0 Å². The van der Waals surface area contributed by atoms with Crippen LogP contribution in [0.3, 0.4) is 0 Å². The number of fused-ring (bicyclic) bond motifs is 2. The first-order valence-electron chi connectivity index (χ1n) is 24.1. The largest absolute Gasteiger partial charge is 0.393 e. The monoisotopic (exact) mass is 785 g/mol. The van der Waals surface area contributed by atoms with E-state index in [4.69, 9.17) is 0 Å². The van der Waals surface area contributed by atoms with Crippen molar-refractivity contribution in [2.75, 3.05) is 0 Å². The molecule has 6 rings (SSSR count). The Hall–Kier alpha value is -1.68. The van der Waals surface area contributed by atoms with Crippen molar-refractivity contribution in [3.8, 4) is 0 Å². The minimum Gasteiger partial charge on any atom is -0.393 e. The average Bonchev–Trinajstić information content (AvgIpc) is 3.69. The lowest BCUT2D eigenvalue weighted by molar-refractivity contribution is 0.0596. The summed E-state index contributed by atoms with van der Waals surface area (Å²) in [6.45, 7) is 27.2. The first kappa shape index (κ1) is 46.4. The van der Waals surface area contributed by atoms with Crippen LogP contribution in [0.4, 0.5) is 0 Å². The molecule has 0 aromatic rings. The maximum atomic E-state index is 10.0. The zero-order valence-corrected chi connectivity index (χ0v) is 38.3. The second kappa shape index (κ2) is 20.3. The van der Waals surface area contributed by atoms with E-state index < -0.39 is 5.60 Å². The third-order valence-corrected chi connectivity index (χ3v) is 16.7. The molecule has 0 aromatic heterocycles. The van der Waals surface area contributed by atoms with Gasteiger partial charge in [0.25, 0.3) is 0 Å². The molecule has 0 aromatic carbocycles. The molecule has 0 unspecified atom stereocenters. The van der Waals surface area contributed by atoms with Crippen molar-refractivity contribution in [3.05, 3.63) is 70.9 Å². The number of hydrogen-bond donors (Lipinski definition) is 3. The van der Waals surface area contributed by atoms with E-state index in [9.17, 15) is 15.3 Å². The van der Waals surface area contributed by atoms with Gasteiger partial charge in [-0.05, 0) is 186 Å². The molecule has 0 heterocycles. The molecule has 6 aliphatic carbocycles. The van der Waals surface area contributed by atoms with Crippen LogP contribution in [0, 0.1) is 52.3 Å². The second-order valence-electron chi connectivity index (χ2n) is 22.0. The summed E-state index contributed by atoms with van der Waals surface area (Å²) >= 11 is 0. The summed E-state index contributed by atoms with van der Waals surface area (Å²) in [6, 6.07) is 0. The standard InChI is InChI=1S/C27H44O2.C27H44O/c1-19-10-13-23(28)18-22(19)12-11-21-9-7-17-27(5)24(14-15-25(21)27)20(2)8-6-16-26(3,4)29;1-19(2)8-6-9-21(4)25-15-16-26-22(10-7-17-27(25,26)5)12-13-23-18-24(28)14-11-20(23)3/h11-12,20,23-25,28-29H,1,6-10,13-18H2,2-5H3;12-13,19,21,24-26,28H,3,6-11,14-18H2,1-2,4-5H3/b21-11+,22-12-;22-12+,23-13-/t20-,23+,24-,25+,27-;21-,24+,25-,26+,27-/m11/s1. The fraction of sp³-hybridized carbons (Fsp3) is 0.778. The van der Waals surface area contributed by atoms with E-state index in [2.05, 4.69) is 79.0 Å². The molecule has 6 fully saturated rings. The van der Waals surface area contributed by atoms with E-state index in [1.54, 1.807) is 11.1 Å². The molecule has 0 bridgehead atoms. The number of aliphatic hydroxyl groups is 3. The molecular weight excluding hydrogens is 697 g/mol. The van der Waals surface area contributed by atoms with Crippen molar-refractivity contribution >= 4 is 0 Å². The molecule has 3 nitrogen and oxygen atoms in total. The Labute approximate surface area is 351 Å². The highest BCUT2D eigenvalue weighted by molar-refractivity contribution is 5.37. The summed E-state index contributed by atoms with van der Waals surface area (Å²) in [5.74, 6) is 5.63. The SMILES string of the molecule is C=C1CC[C@H](O)C/C1=C/C=C1\CCC[C@]2(C)[C@@H]([C@H](C)CCCC(C)(C)O)CC[C@@H]12.C=C1CC[C@H](O)C/C1=C/C=C1\CCC[C@]2(C)[C@@H]([C@H](C)CCCC(C)C)CC[C@@H]12. The van der Waals surface area contributed by atoms with Crippen LogP contribution in [0.25, 0.3) is 0 Å². The Kier molecular flexibility index (Phi) is 16.5. The van der Waals surface area contributed by atoms with Gasteiger partial charge in [-0.2, -0.15) is 0 Å². The van der Waals surface area contributed by atoms with Gasteiger partial charge in [-0.25, -0.2) is 0 Å². The molecule has 10 atom stereocenters. The lowest BCUT2D eigenvalue weighted by Crippen LogP contribution is -2.36. The van der Waals surface area contributed by atoms with Gasteiger partial charge in [0.2, 0.25) is 0 Å². The molecule has 6 aliphatic rings. The maximum Gasteiger partial charge on any atom is 0.0591 e. The first-order valence-corrected chi connectivity index (χ1v) is 24.1. The van der Waals surface area contributed by atoms with Crippen LogP contribution in [-0.2, 0) is 0 Å². The molecule has 322 valence electrons. The Morgan fingerprint density at radius 2 is 1.07 bits per heavy atom.